The minimum absolute atomic E-state index is 0.124. The van der Waals surface area contributed by atoms with Gasteiger partial charge in [-0.05, 0) is 37.3 Å². The topological polar surface area (TPSA) is 84.7 Å². The molecule has 2 rings (SSSR count). The molecule has 0 saturated heterocycles. The van der Waals surface area contributed by atoms with Crippen LogP contribution < -0.4 is 16.0 Å². The number of nitrogens with zero attached hydrogens (tertiary/aromatic N) is 1. The summed E-state index contributed by atoms with van der Waals surface area (Å²) in [6.45, 7) is 2.31. The summed E-state index contributed by atoms with van der Waals surface area (Å²) in [5.41, 5.74) is 8.39. The molecular weight excluding hydrogens is 318 g/mol. The van der Waals surface area contributed by atoms with Gasteiger partial charge in [0, 0.05) is 24.8 Å². The van der Waals surface area contributed by atoms with Crippen molar-refractivity contribution < 1.29 is 14.3 Å². The second-order valence-corrected chi connectivity index (χ2v) is 5.40. The molecule has 1 amide bonds. The van der Waals surface area contributed by atoms with E-state index in [9.17, 15) is 9.59 Å². The van der Waals surface area contributed by atoms with Crippen molar-refractivity contribution in [2.24, 2.45) is 0 Å². The van der Waals surface area contributed by atoms with Gasteiger partial charge in [-0.2, -0.15) is 0 Å². The van der Waals surface area contributed by atoms with Gasteiger partial charge in [-0.1, -0.05) is 18.2 Å². The summed E-state index contributed by atoms with van der Waals surface area (Å²) in [6.07, 6.45) is 0.124. The lowest BCUT2D eigenvalue weighted by Gasteiger charge is -2.23. The minimum atomic E-state index is -0.332. The Morgan fingerprint density at radius 3 is 2.48 bits per heavy atom. The predicted molar refractivity (Wildman–Crippen MR) is 99.8 cm³/mol. The maximum atomic E-state index is 13.0. The molecule has 6 heteroatoms. The molecule has 0 aliphatic heterocycles. The van der Waals surface area contributed by atoms with Crippen molar-refractivity contribution in [3.8, 4) is 0 Å². The van der Waals surface area contributed by atoms with Crippen LogP contribution in [0.15, 0.2) is 48.5 Å². The Hall–Kier alpha value is -3.02. The standard InChI is InChI=1S/C19H23N3O3/c1-3-25-18(23)11-12-22(15-7-5-4-6-8-15)19(24)14-9-10-17(21-2)16(20)13-14/h4-10,13,21H,3,11-12,20H2,1-2H3. The maximum Gasteiger partial charge on any atom is 0.307 e. The van der Waals surface area contributed by atoms with Crippen LogP contribution in [0.2, 0.25) is 0 Å². The molecule has 132 valence electrons. The first-order valence-corrected chi connectivity index (χ1v) is 8.16. The lowest BCUT2D eigenvalue weighted by molar-refractivity contribution is -0.142. The van der Waals surface area contributed by atoms with E-state index in [1.807, 2.05) is 30.3 Å². The number of para-hydroxylation sites is 1. The molecule has 0 fully saturated rings. The first-order chi connectivity index (χ1) is 12.1. The van der Waals surface area contributed by atoms with Gasteiger partial charge in [-0.3, -0.25) is 9.59 Å². The Morgan fingerprint density at radius 1 is 1.16 bits per heavy atom. The minimum Gasteiger partial charge on any atom is -0.466 e. The number of anilines is 3. The molecular formula is C19H23N3O3. The zero-order chi connectivity index (χ0) is 18.2. The first kappa shape index (κ1) is 18.3. The number of benzene rings is 2. The second kappa shape index (κ2) is 8.73. The summed E-state index contributed by atoms with van der Waals surface area (Å²) in [6, 6.07) is 14.3. The van der Waals surface area contributed by atoms with Crippen molar-refractivity contribution in [2.45, 2.75) is 13.3 Å². The number of carbonyl (C=O) groups is 2. The largest absolute Gasteiger partial charge is 0.466 e. The number of hydrogen-bond donors (Lipinski definition) is 2. The smallest absolute Gasteiger partial charge is 0.307 e. The third-order valence-electron chi connectivity index (χ3n) is 3.73. The summed E-state index contributed by atoms with van der Waals surface area (Å²) in [7, 11) is 1.77. The highest BCUT2D eigenvalue weighted by Gasteiger charge is 2.19. The Morgan fingerprint density at radius 2 is 1.88 bits per heavy atom. The number of nitrogens with one attached hydrogen (secondary N) is 1. The molecule has 0 spiro atoms. The number of esters is 1. The third-order valence-corrected chi connectivity index (χ3v) is 3.73. The summed E-state index contributed by atoms with van der Waals surface area (Å²) in [5, 5.41) is 2.97. The van der Waals surface area contributed by atoms with Gasteiger partial charge in [0.15, 0.2) is 0 Å². The fourth-order valence-corrected chi connectivity index (χ4v) is 2.47. The van der Waals surface area contributed by atoms with Gasteiger partial charge in [0.2, 0.25) is 0 Å². The van der Waals surface area contributed by atoms with Gasteiger partial charge < -0.3 is 20.7 Å². The van der Waals surface area contributed by atoms with Crippen LogP contribution in [0.5, 0.6) is 0 Å². The average molecular weight is 341 g/mol. The van der Waals surface area contributed by atoms with Crippen LogP contribution in [0.3, 0.4) is 0 Å². The molecule has 0 unspecified atom stereocenters. The number of rotatable bonds is 7. The number of carbonyl (C=O) groups excluding carboxylic acids is 2. The van der Waals surface area contributed by atoms with Crippen molar-refractivity contribution in [3.05, 3.63) is 54.1 Å². The number of ether oxygens (including phenoxy) is 1. The van der Waals surface area contributed by atoms with Crippen LogP contribution in [0.25, 0.3) is 0 Å². The van der Waals surface area contributed by atoms with Gasteiger partial charge in [0.1, 0.15) is 0 Å². The highest BCUT2D eigenvalue weighted by molar-refractivity contribution is 6.07. The molecule has 2 aromatic carbocycles. The molecule has 0 aromatic heterocycles. The predicted octanol–water partition coefficient (Wildman–Crippen LogP) is 2.91. The van der Waals surface area contributed by atoms with Crippen LogP contribution in [0.1, 0.15) is 23.7 Å². The SMILES string of the molecule is CCOC(=O)CCN(C(=O)c1ccc(NC)c(N)c1)c1ccccc1. The van der Waals surface area contributed by atoms with Crippen molar-refractivity contribution in [2.75, 3.05) is 36.1 Å². The molecule has 0 atom stereocenters. The first-order valence-electron chi connectivity index (χ1n) is 8.16. The molecule has 25 heavy (non-hydrogen) atoms. The van der Waals surface area contributed by atoms with E-state index in [-0.39, 0.29) is 24.8 Å². The number of hydrogen-bond acceptors (Lipinski definition) is 5. The number of nitrogens with two attached hydrogens (primary N) is 1. The quantitative estimate of drug-likeness (QED) is 0.597. The number of nitrogen functional groups attached to an aromatic ring is 1. The highest BCUT2D eigenvalue weighted by Crippen LogP contribution is 2.23. The molecule has 0 bridgehead atoms. The van der Waals surface area contributed by atoms with Gasteiger partial charge in [-0.25, -0.2) is 0 Å². The molecule has 3 N–H and O–H groups in total. The zero-order valence-electron chi connectivity index (χ0n) is 14.5. The van der Waals surface area contributed by atoms with Gasteiger partial charge in [0.05, 0.1) is 24.4 Å². The van der Waals surface area contributed by atoms with E-state index in [1.54, 1.807) is 37.1 Å². The number of amides is 1. The van der Waals surface area contributed by atoms with Crippen molar-refractivity contribution in [1.82, 2.24) is 0 Å². The van der Waals surface area contributed by atoms with E-state index in [4.69, 9.17) is 10.5 Å². The van der Waals surface area contributed by atoms with E-state index < -0.39 is 0 Å². The maximum absolute atomic E-state index is 13.0. The fourth-order valence-electron chi connectivity index (χ4n) is 2.47. The Balaban J connectivity index is 2.26. The summed E-state index contributed by atoms with van der Waals surface area (Å²) < 4.78 is 4.96. The molecule has 0 aliphatic carbocycles. The molecule has 2 aromatic rings. The summed E-state index contributed by atoms with van der Waals surface area (Å²) in [5.74, 6) is -0.550. The zero-order valence-corrected chi connectivity index (χ0v) is 14.5. The molecule has 0 aliphatic rings. The van der Waals surface area contributed by atoms with Gasteiger partial charge in [-0.15, -0.1) is 0 Å². The Kier molecular flexibility index (Phi) is 6.39. The lowest BCUT2D eigenvalue weighted by Crippen LogP contribution is -2.33. The Bertz CT molecular complexity index is 732. The van der Waals surface area contributed by atoms with E-state index in [1.165, 1.54) is 0 Å². The normalized spacial score (nSPS) is 10.2. The van der Waals surface area contributed by atoms with Crippen LogP contribution >= 0.6 is 0 Å². The molecule has 0 saturated carbocycles. The second-order valence-electron chi connectivity index (χ2n) is 5.40. The molecule has 0 radical (unpaired) electrons. The van der Waals surface area contributed by atoms with Crippen molar-refractivity contribution in [1.29, 1.82) is 0 Å². The van der Waals surface area contributed by atoms with E-state index >= 15 is 0 Å². The van der Waals surface area contributed by atoms with Crippen LogP contribution in [0.4, 0.5) is 17.1 Å². The van der Waals surface area contributed by atoms with Crippen LogP contribution in [-0.4, -0.2) is 32.1 Å². The van der Waals surface area contributed by atoms with Crippen molar-refractivity contribution in [3.63, 3.8) is 0 Å². The van der Waals surface area contributed by atoms with Gasteiger partial charge >= 0.3 is 5.97 Å². The van der Waals surface area contributed by atoms with Gasteiger partial charge in [0.25, 0.3) is 5.91 Å². The average Bonchev–Trinajstić information content (AvgIpc) is 2.62. The fraction of sp³-hybridized carbons (Fsp3) is 0.263. The summed E-state index contributed by atoms with van der Waals surface area (Å²) in [4.78, 5) is 26.2. The summed E-state index contributed by atoms with van der Waals surface area (Å²) >= 11 is 0. The lowest BCUT2D eigenvalue weighted by atomic mass is 10.1. The van der Waals surface area contributed by atoms with E-state index in [2.05, 4.69) is 5.32 Å². The van der Waals surface area contributed by atoms with Crippen LogP contribution in [-0.2, 0) is 9.53 Å². The Labute approximate surface area is 147 Å². The third kappa shape index (κ3) is 4.73. The van der Waals surface area contributed by atoms with E-state index in [0.29, 0.717) is 23.5 Å². The molecule has 0 heterocycles. The van der Waals surface area contributed by atoms with Crippen molar-refractivity contribution >= 4 is 28.9 Å². The monoisotopic (exact) mass is 341 g/mol. The van der Waals surface area contributed by atoms with Crippen LogP contribution in [0, 0.1) is 0 Å². The van der Waals surface area contributed by atoms with E-state index in [0.717, 1.165) is 5.69 Å². The molecule has 6 nitrogen and oxygen atoms in total. The highest BCUT2D eigenvalue weighted by atomic mass is 16.5.